The van der Waals surface area contributed by atoms with E-state index in [1.54, 1.807) is 0 Å². The van der Waals surface area contributed by atoms with Crippen LogP contribution >= 0.6 is 0 Å². The minimum Gasteiger partial charge on any atom is -0.393 e. The number of rotatable bonds is 5. The maximum absolute atomic E-state index is 9.75. The normalized spacial score (nSPS) is 26.3. The number of nitrogens with zero attached hydrogens (tertiary/aromatic N) is 3. The fraction of sp³-hybridized carbons (Fsp3) is 0.722. The molecule has 0 aliphatic carbocycles. The Balaban J connectivity index is 1.76. The number of piperazine rings is 1. The molecule has 2 atom stereocenters. The SMILES string of the molecule is CCC1CNCCN1C(CN1CCC(O)CC1)c1ccccn1. The molecule has 0 saturated carbocycles. The molecular formula is C18H30N4O. The summed E-state index contributed by atoms with van der Waals surface area (Å²) in [6.45, 7) is 8.48. The third kappa shape index (κ3) is 4.29. The van der Waals surface area contributed by atoms with E-state index >= 15 is 0 Å². The highest BCUT2D eigenvalue weighted by atomic mass is 16.3. The molecule has 0 bridgehead atoms. The molecule has 0 amide bonds. The zero-order valence-electron chi connectivity index (χ0n) is 14.2. The lowest BCUT2D eigenvalue weighted by Gasteiger charge is -2.43. The monoisotopic (exact) mass is 318 g/mol. The molecule has 2 aliphatic heterocycles. The van der Waals surface area contributed by atoms with E-state index in [0.29, 0.717) is 12.1 Å². The van der Waals surface area contributed by atoms with Gasteiger partial charge in [0.05, 0.1) is 17.8 Å². The zero-order chi connectivity index (χ0) is 16.1. The van der Waals surface area contributed by atoms with Gasteiger partial charge in [0.15, 0.2) is 0 Å². The highest BCUT2D eigenvalue weighted by Gasteiger charge is 2.31. The van der Waals surface area contributed by atoms with Gasteiger partial charge in [-0.15, -0.1) is 0 Å². The first-order valence-corrected chi connectivity index (χ1v) is 9.05. The van der Waals surface area contributed by atoms with Crippen LogP contribution in [0.25, 0.3) is 0 Å². The number of nitrogens with one attached hydrogen (secondary N) is 1. The van der Waals surface area contributed by atoms with Crippen molar-refractivity contribution < 1.29 is 5.11 Å². The Morgan fingerprint density at radius 3 is 2.83 bits per heavy atom. The smallest absolute Gasteiger partial charge is 0.0652 e. The number of aliphatic hydroxyl groups excluding tert-OH is 1. The third-order valence-corrected chi connectivity index (χ3v) is 5.28. The Labute approximate surface area is 139 Å². The van der Waals surface area contributed by atoms with Gasteiger partial charge in [0, 0.05) is 51.5 Å². The molecule has 2 N–H and O–H groups in total. The largest absolute Gasteiger partial charge is 0.393 e. The molecule has 5 heteroatoms. The van der Waals surface area contributed by atoms with Crippen molar-refractivity contribution in [1.29, 1.82) is 0 Å². The van der Waals surface area contributed by atoms with Crippen molar-refractivity contribution in [2.45, 2.75) is 44.4 Å². The number of piperidine rings is 1. The number of hydrogen-bond acceptors (Lipinski definition) is 5. The minimum atomic E-state index is -0.109. The van der Waals surface area contributed by atoms with E-state index in [9.17, 15) is 5.11 Å². The molecule has 1 aromatic heterocycles. The minimum absolute atomic E-state index is 0.109. The number of aromatic nitrogens is 1. The van der Waals surface area contributed by atoms with E-state index in [1.807, 2.05) is 12.3 Å². The van der Waals surface area contributed by atoms with Crippen LogP contribution in [0.3, 0.4) is 0 Å². The fourth-order valence-electron chi connectivity index (χ4n) is 3.85. The van der Waals surface area contributed by atoms with E-state index in [2.05, 4.69) is 39.2 Å². The maximum atomic E-state index is 9.75. The molecule has 1 aromatic rings. The maximum Gasteiger partial charge on any atom is 0.0652 e. The van der Waals surface area contributed by atoms with Crippen LogP contribution in [0.15, 0.2) is 24.4 Å². The Morgan fingerprint density at radius 1 is 1.30 bits per heavy atom. The van der Waals surface area contributed by atoms with E-state index in [-0.39, 0.29) is 6.10 Å². The van der Waals surface area contributed by atoms with Crippen molar-refractivity contribution in [3.8, 4) is 0 Å². The molecule has 3 rings (SSSR count). The summed E-state index contributed by atoms with van der Waals surface area (Å²) in [6, 6.07) is 7.17. The summed E-state index contributed by atoms with van der Waals surface area (Å²) in [4.78, 5) is 9.81. The lowest BCUT2D eigenvalue weighted by Crippen LogP contribution is -2.54. The van der Waals surface area contributed by atoms with E-state index in [4.69, 9.17) is 0 Å². The summed E-state index contributed by atoms with van der Waals surface area (Å²) in [5, 5.41) is 13.3. The Bertz CT molecular complexity index is 461. The van der Waals surface area contributed by atoms with Crippen LogP contribution in [0.4, 0.5) is 0 Å². The van der Waals surface area contributed by atoms with Gasteiger partial charge in [-0.25, -0.2) is 0 Å². The van der Waals surface area contributed by atoms with Gasteiger partial charge in [-0.1, -0.05) is 13.0 Å². The first kappa shape index (κ1) is 16.8. The second kappa shape index (κ2) is 8.20. The van der Waals surface area contributed by atoms with Crippen molar-refractivity contribution in [3.63, 3.8) is 0 Å². The fourth-order valence-corrected chi connectivity index (χ4v) is 3.85. The molecule has 0 aromatic carbocycles. The summed E-state index contributed by atoms with van der Waals surface area (Å²) in [5.74, 6) is 0. The Hall–Kier alpha value is -1.01. The van der Waals surface area contributed by atoms with Gasteiger partial charge in [0.25, 0.3) is 0 Å². The highest BCUT2D eigenvalue weighted by Crippen LogP contribution is 2.26. The molecule has 23 heavy (non-hydrogen) atoms. The summed E-state index contributed by atoms with van der Waals surface area (Å²) in [5.41, 5.74) is 1.18. The van der Waals surface area contributed by atoms with Crippen molar-refractivity contribution in [2.75, 3.05) is 39.3 Å². The molecule has 2 saturated heterocycles. The molecule has 3 heterocycles. The Kier molecular flexibility index (Phi) is 6.00. The average molecular weight is 318 g/mol. The van der Waals surface area contributed by atoms with E-state index < -0.39 is 0 Å². The molecule has 128 valence electrons. The van der Waals surface area contributed by atoms with Crippen molar-refractivity contribution >= 4 is 0 Å². The van der Waals surface area contributed by atoms with Gasteiger partial charge in [0.2, 0.25) is 0 Å². The van der Waals surface area contributed by atoms with Crippen LogP contribution in [0, 0.1) is 0 Å². The second-order valence-corrected chi connectivity index (χ2v) is 6.81. The van der Waals surface area contributed by atoms with Gasteiger partial charge >= 0.3 is 0 Å². The van der Waals surface area contributed by atoms with Gasteiger partial charge in [-0.05, 0) is 31.4 Å². The van der Waals surface area contributed by atoms with Crippen molar-refractivity contribution in [2.24, 2.45) is 0 Å². The van der Waals surface area contributed by atoms with Gasteiger partial charge in [0.1, 0.15) is 0 Å². The zero-order valence-corrected chi connectivity index (χ0v) is 14.2. The second-order valence-electron chi connectivity index (χ2n) is 6.81. The quantitative estimate of drug-likeness (QED) is 0.856. The number of aliphatic hydroxyl groups is 1. The Morgan fingerprint density at radius 2 is 2.13 bits per heavy atom. The van der Waals surface area contributed by atoms with Crippen LogP contribution < -0.4 is 5.32 Å². The van der Waals surface area contributed by atoms with Crippen molar-refractivity contribution in [1.82, 2.24) is 20.1 Å². The highest BCUT2D eigenvalue weighted by molar-refractivity contribution is 5.11. The molecule has 0 radical (unpaired) electrons. The summed E-state index contributed by atoms with van der Waals surface area (Å²) in [6.07, 6.45) is 4.75. The van der Waals surface area contributed by atoms with Crippen LogP contribution in [-0.4, -0.2) is 71.3 Å². The third-order valence-electron chi connectivity index (χ3n) is 5.28. The summed E-state index contributed by atoms with van der Waals surface area (Å²) >= 11 is 0. The van der Waals surface area contributed by atoms with Crippen LogP contribution in [0.5, 0.6) is 0 Å². The lowest BCUT2D eigenvalue weighted by molar-refractivity contribution is 0.0405. The van der Waals surface area contributed by atoms with Crippen molar-refractivity contribution in [3.05, 3.63) is 30.1 Å². The van der Waals surface area contributed by atoms with Crippen LogP contribution in [0.2, 0.25) is 0 Å². The summed E-state index contributed by atoms with van der Waals surface area (Å²) in [7, 11) is 0. The number of hydrogen-bond donors (Lipinski definition) is 2. The predicted octanol–water partition coefficient (Wildman–Crippen LogP) is 1.26. The predicted molar refractivity (Wildman–Crippen MR) is 92.3 cm³/mol. The molecule has 0 spiro atoms. The van der Waals surface area contributed by atoms with E-state index in [1.165, 1.54) is 5.69 Å². The van der Waals surface area contributed by atoms with Gasteiger partial charge in [-0.3, -0.25) is 9.88 Å². The van der Waals surface area contributed by atoms with Gasteiger partial charge < -0.3 is 15.3 Å². The van der Waals surface area contributed by atoms with Crippen LogP contribution in [0.1, 0.15) is 37.9 Å². The first-order valence-electron chi connectivity index (χ1n) is 9.05. The molecule has 2 aliphatic rings. The molecule has 2 fully saturated rings. The van der Waals surface area contributed by atoms with Crippen LogP contribution in [-0.2, 0) is 0 Å². The lowest BCUT2D eigenvalue weighted by atomic mass is 10.0. The topological polar surface area (TPSA) is 51.6 Å². The van der Waals surface area contributed by atoms with E-state index in [0.717, 1.165) is 58.5 Å². The molecule has 5 nitrogen and oxygen atoms in total. The number of likely N-dealkylation sites (tertiary alicyclic amines) is 1. The standard InChI is InChI=1S/C18H30N4O/c1-2-15-13-19-9-12-22(15)18(17-5-3-4-8-20-17)14-21-10-6-16(23)7-11-21/h3-5,8,15-16,18-19,23H,2,6-7,9-14H2,1H3. The van der Waals surface area contributed by atoms with Gasteiger partial charge in [-0.2, -0.15) is 0 Å². The summed E-state index contributed by atoms with van der Waals surface area (Å²) < 4.78 is 0. The number of pyridine rings is 1. The molecule has 2 unspecified atom stereocenters. The molecular weight excluding hydrogens is 288 g/mol. The average Bonchev–Trinajstić information content (AvgIpc) is 2.62. The first-order chi connectivity index (χ1) is 11.3.